The topological polar surface area (TPSA) is 59.0 Å². The Morgan fingerprint density at radius 2 is 2.12 bits per heavy atom. The summed E-state index contributed by atoms with van der Waals surface area (Å²) in [6, 6.07) is 4.79. The van der Waals surface area contributed by atoms with Gasteiger partial charge in [0.25, 0.3) is 5.91 Å². The molecular weight excluding hydrogens is 222 g/mol. The summed E-state index contributed by atoms with van der Waals surface area (Å²) >= 11 is 0. The molecule has 5 heteroatoms. The van der Waals surface area contributed by atoms with Crippen molar-refractivity contribution in [3.05, 3.63) is 23.8 Å². The summed E-state index contributed by atoms with van der Waals surface area (Å²) in [7, 11) is 1.48. The van der Waals surface area contributed by atoms with E-state index in [4.69, 9.17) is 9.47 Å². The second kappa shape index (κ2) is 5.05. The highest BCUT2D eigenvalue weighted by Crippen LogP contribution is 2.28. The van der Waals surface area contributed by atoms with E-state index in [9.17, 15) is 9.90 Å². The lowest BCUT2D eigenvalue weighted by Gasteiger charge is -2.27. The van der Waals surface area contributed by atoms with Gasteiger partial charge < -0.3 is 19.5 Å². The first-order chi connectivity index (χ1) is 8.24. The van der Waals surface area contributed by atoms with Crippen LogP contribution in [0, 0.1) is 0 Å². The smallest absolute Gasteiger partial charge is 0.261 e. The summed E-state index contributed by atoms with van der Waals surface area (Å²) < 4.78 is 10.3. The third-order valence-corrected chi connectivity index (χ3v) is 2.74. The zero-order valence-corrected chi connectivity index (χ0v) is 9.68. The number of carbonyl (C=O) groups excluding carboxylic acids is 1. The number of hydrogen-bond acceptors (Lipinski definition) is 4. The molecule has 17 heavy (non-hydrogen) atoms. The lowest BCUT2D eigenvalue weighted by Crippen LogP contribution is -2.40. The van der Waals surface area contributed by atoms with Crippen LogP contribution in [-0.2, 0) is 4.74 Å². The van der Waals surface area contributed by atoms with Crippen LogP contribution in [-0.4, -0.2) is 49.3 Å². The van der Waals surface area contributed by atoms with E-state index in [1.165, 1.54) is 13.2 Å². The Hall–Kier alpha value is -1.75. The van der Waals surface area contributed by atoms with Crippen molar-refractivity contribution in [2.75, 3.05) is 33.4 Å². The van der Waals surface area contributed by atoms with Crippen LogP contribution in [0.1, 0.15) is 10.4 Å². The van der Waals surface area contributed by atoms with Gasteiger partial charge in [-0.15, -0.1) is 0 Å². The van der Waals surface area contributed by atoms with Gasteiger partial charge in [0.2, 0.25) is 0 Å². The number of aromatic hydroxyl groups is 1. The van der Waals surface area contributed by atoms with Crippen LogP contribution in [0.4, 0.5) is 0 Å². The van der Waals surface area contributed by atoms with Crippen LogP contribution >= 0.6 is 0 Å². The molecule has 1 fully saturated rings. The Bertz CT molecular complexity index is 413. The van der Waals surface area contributed by atoms with Crippen molar-refractivity contribution in [1.29, 1.82) is 0 Å². The Balaban J connectivity index is 2.29. The lowest BCUT2D eigenvalue weighted by atomic mass is 10.1. The number of nitrogens with zero attached hydrogens (tertiary/aromatic N) is 1. The fourth-order valence-electron chi connectivity index (χ4n) is 1.83. The molecule has 0 atom stereocenters. The van der Waals surface area contributed by atoms with Gasteiger partial charge in [-0.05, 0) is 12.1 Å². The maximum atomic E-state index is 12.2. The van der Waals surface area contributed by atoms with Crippen molar-refractivity contribution in [2.45, 2.75) is 0 Å². The van der Waals surface area contributed by atoms with Gasteiger partial charge >= 0.3 is 0 Å². The van der Waals surface area contributed by atoms with Crippen LogP contribution in [0.3, 0.4) is 0 Å². The van der Waals surface area contributed by atoms with Gasteiger partial charge in [0.05, 0.1) is 20.3 Å². The van der Waals surface area contributed by atoms with Gasteiger partial charge in [-0.3, -0.25) is 4.79 Å². The monoisotopic (exact) mass is 237 g/mol. The van der Waals surface area contributed by atoms with Crippen molar-refractivity contribution in [1.82, 2.24) is 4.90 Å². The number of morpholine rings is 1. The minimum atomic E-state index is -0.219. The summed E-state index contributed by atoms with van der Waals surface area (Å²) in [5.74, 6) is 0.116. The Morgan fingerprint density at radius 3 is 2.76 bits per heavy atom. The first kappa shape index (κ1) is 11.7. The molecular formula is C12H15NO4. The van der Waals surface area contributed by atoms with E-state index in [1.54, 1.807) is 17.0 Å². The number of benzene rings is 1. The highest BCUT2D eigenvalue weighted by atomic mass is 16.5. The molecule has 0 saturated carbocycles. The van der Waals surface area contributed by atoms with E-state index in [-0.39, 0.29) is 17.2 Å². The molecule has 0 bridgehead atoms. The predicted molar refractivity (Wildman–Crippen MR) is 61.4 cm³/mol. The van der Waals surface area contributed by atoms with Crippen molar-refractivity contribution >= 4 is 5.91 Å². The normalized spacial score (nSPS) is 15.7. The van der Waals surface area contributed by atoms with Gasteiger partial charge in [-0.2, -0.15) is 0 Å². The molecule has 0 aliphatic carbocycles. The molecule has 1 saturated heterocycles. The van der Waals surface area contributed by atoms with E-state index in [0.717, 1.165) is 0 Å². The van der Waals surface area contributed by atoms with Crippen molar-refractivity contribution in [3.63, 3.8) is 0 Å². The molecule has 0 unspecified atom stereocenters. The molecule has 5 nitrogen and oxygen atoms in total. The fraction of sp³-hybridized carbons (Fsp3) is 0.417. The molecule has 1 amide bonds. The maximum Gasteiger partial charge on any atom is 0.261 e. The van der Waals surface area contributed by atoms with Crippen molar-refractivity contribution in [2.24, 2.45) is 0 Å². The van der Waals surface area contributed by atoms with E-state index in [1.807, 2.05) is 0 Å². The molecule has 1 aromatic rings. The number of phenols is 1. The molecule has 1 aromatic carbocycles. The molecule has 0 spiro atoms. The number of phenolic OH excluding ortho intramolecular Hbond substituents is 1. The van der Waals surface area contributed by atoms with Gasteiger partial charge in [-0.1, -0.05) is 6.07 Å². The average molecular weight is 237 g/mol. The quantitative estimate of drug-likeness (QED) is 0.829. The summed E-state index contributed by atoms with van der Waals surface area (Å²) in [5.41, 5.74) is 0.219. The number of ether oxygens (including phenoxy) is 2. The molecule has 92 valence electrons. The minimum absolute atomic E-state index is 0.0548. The second-order valence-electron chi connectivity index (χ2n) is 3.76. The first-order valence-corrected chi connectivity index (χ1v) is 5.47. The third kappa shape index (κ3) is 2.34. The first-order valence-electron chi connectivity index (χ1n) is 5.47. The van der Waals surface area contributed by atoms with Gasteiger partial charge in [0, 0.05) is 13.1 Å². The van der Waals surface area contributed by atoms with Gasteiger partial charge in [-0.25, -0.2) is 0 Å². The highest BCUT2D eigenvalue weighted by molar-refractivity contribution is 5.99. The Morgan fingerprint density at radius 1 is 1.41 bits per heavy atom. The number of carbonyl (C=O) groups is 1. The average Bonchev–Trinajstić information content (AvgIpc) is 2.38. The SMILES string of the molecule is COc1cccc(O)c1C(=O)N1CCOCC1. The number of rotatable bonds is 2. The zero-order valence-electron chi connectivity index (χ0n) is 9.68. The van der Waals surface area contributed by atoms with Crippen LogP contribution in [0.15, 0.2) is 18.2 Å². The maximum absolute atomic E-state index is 12.2. The number of methoxy groups -OCH3 is 1. The summed E-state index contributed by atoms with van der Waals surface area (Å²) in [4.78, 5) is 13.9. The summed E-state index contributed by atoms with van der Waals surface area (Å²) in [6.45, 7) is 2.13. The molecule has 1 aliphatic rings. The zero-order chi connectivity index (χ0) is 12.3. The fourth-order valence-corrected chi connectivity index (χ4v) is 1.83. The second-order valence-corrected chi connectivity index (χ2v) is 3.76. The Labute approximate surface area is 99.6 Å². The molecule has 0 aromatic heterocycles. The van der Waals surface area contributed by atoms with Gasteiger partial charge in [0.15, 0.2) is 0 Å². The molecule has 1 N–H and O–H groups in total. The highest BCUT2D eigenvalue weighted by Gasteiger charge is 2.24. The minimum Gasteiger partial charge on any atom is -0.507 e. The molecule has 0 radical (unpaired) electrons. The molecule has 1 heterocycles. The van der Waals surface area contributed by atoms with Crippen LogP contribution < -0.4 is 4.74 Å². The van der Waals surface area contributed by atoms with Crippen LogP contribution in [0.2, 0.25) is 0 Å². The number of hydrogen-bond donors (Lipinski definition) is 1. The van der Waals surface area contributed by atoms with Crippen molar-refractivity contribution in [3.8, 4) is 11.5 Å². The lowest BCUT2D eigenvalue weighted by molar-refractivity contribution is 0.0299. The van der Waals surface area contributed by atoms with E-state index >= 15 is 0 Å². The van der Waals surface area contributed by atoms with Crippen molar-refractivity contribution < 1.29 is 19.4 Å². The van der Waals surface area contributed by atoms with E-state index < -0.39 is 0 Å². The molecule has 1 aliphatic heterocycles. The summed E-state index contributed by atoms with van der Waals surface area (Å²) in [6.07, 6.45) is 0. The summed E-state index contributed by atoms with van der Waals surface area (Å²) in [5, 5.41) is 9.76. The van der Waals surface area contributed by atoms with Crippen LogP contribution in [0.5, 0.6) is 11.5 Å². The largest absolute Gasteiger partial charge is 0.507 e. The van der Waals surface area contributed by atoms with E-state index in [2.05, 4.69) is 0 Å². The Kier molecular flexibility index (Phi) is 3.49. The number of amides is 1. The standard InChI is InChI=1S/C12H15NO4/c1-16-10-4-2-3-9(14)11(10)12(15)13-5-7-17-8-6-13/h2-4,14H,5-8H2,1H3. The van der Waals surface area contributed by atoms with Crippen LogP contribution in [0.25, 0.3) is 0 Å². The third-order valence-electron chi connectivity index (χ3n) is 2.74. The van der Waals surface area contributed by atoms with Gasteiger partial charge in [0.1, 0.15) is 17.1 Å². The molecule has 2 rings (SSSR count). The predicted octanol–water partition coefficient (Wildman–Crippen LogP) is 0.873. The van der Waals surface area contributed by atoms with E-state index in [0.29, 0.717) is 32.1 Å².